The van der Waals surface area contributed by atoms with E-state index in [1.54, 1.807) is 12.1 Å². The van der Waals surface area contributed by atoms with E-state index >= 15 is 0 Å². The van der Waals surface area contributed by atoms with Gasteiger partial charge in [0.15, 0.2) is 0 Å². The van der Waals surface area contributed by atoms with Gasteiger partial charge in [-0.15, -0.1) is 0 Å². The van der Waals surface area contributed by atoms with Crippen molar-refractivity contribution in [3.8, 4) is 5.75 Å². The van der Waals surface area contributed by atoms with Crippen molar-refractivity contribution >= 4 is 38.0 Å². The summed E-state index contributed by atoms with van der Waals surface area (Å²) in [5.41, 5.74) is 0.924. The Morgan fingerprint density at radius 3 is 2.56 bits per heavy atom. The third kappa shape index (κ3) is 2.32. The van der Waals surface area contributed by atoms with E-state index in [0.29, 0.717) is 15.6 Å². The summed E-state index contributed by atoms with van der Waals surface area (Å²) in [7, 11) is 0. The van der Waals surface area contributed by atoms with Crippen LogP contribution in [0.3, 0.4) is 0 Å². The van der Waals surface area contributed by atoms with Crippen LogP contribution < -0.4 is 5.32 Å². The van der Waals surface area contributed by atoms with Gasteiger partial charge < -0.3 is 15.2 Å². The number of hydrogen-bond donors (Lipinski definition) is 2. The van der Waals surface area contributed by atoms with Gasteiger partial charge in [0.25, 0.3) is 0 Å². The summed E-state index contributed by atoms with van der Waals surface area (Å²) < 4.78 is 5.98. The van der Waals surface area contributed by atoms with E-state index in [9.17, 15) is 9.90 Å². The third-order valence-corrected chi connectivity index (χ3v) is 3.58. The average molecular weight is 351 g/mol. The van der Waals surface area contributed by atoms with Gasteiger partial charge in [0, 0.05) is 6.42 Å². The van der Waals surface area contributed by atoms with Crippen LogP contribution >= 0.6 is 31.9 Å². The normalized spacial score (nSPS) is 20.1. The number of halogens is 2. The summed E-state index contributed by atoms with van der Waals surface area (Å²) >= 11 is 6.51. The third-order valence-electron chi connectivity index (χ3n) is 2.37. The van der Waals surface area contributed by atoms with Gasteiger partial charge in [0.2, 0.25) is 0 Å². The number of rotatable bonds is 1. The molecule has 0 radical (unpaired) electrons. The number of carbonyl (C=O) groups is 1. The number of ether oxygens (including phenoxy) is 1. The minimum Gasteiger partial charge on any atom is -0.506 e. The summed E-state index contributed by atoms with van der Waals surface area (Å²) in [6.45, 7) is 0.409. The lowest BCUT2D eigenvalue weighted by molar-refractivity contribution is 0.115. The van der Waals surface area contributed by atoms with Gasteiger partial charge in [-0.2, -0.15) is 0 Å². The smallest absolute Gasteiger partial charge is 0.407 e. The lowest BCUT2D eigenvalue weighted by Gasteiger charge is -2.24. The zero-order valence-electron chi connectivity index (χ0n) is 8.17. The molecule has 16 heavy (non-hydrogen) atoms. The predicted octanol–water partition coefficient (Wildman–Crippen LogP) is 3.09. The van der Waals surface area contributed by atoms with Crippen molar-refractivity contribution in [3.63, 3.8) is 0 Å². The minimum atomic E-state index is -0.406. The zero-order chi connectivity index (χ0) is 11.7. The Balaban J connectivity index is 2.30. The largest absolute Gasteiger partial charge is 0.506 e. The van der Waals surface area contributed by atoms with Crippen LogP contribution in [-0.4, -0.2) is 17.8 Å². The quantitative estimate of drug-likeness (QED) is 0.818. The van der Waals surface area contributed by atoms with Crippen molar-refractivity contribution in [3.05, 3.63) is 26.6 Å². The number of aromatic hydroxyl groups is 1. The number of hydrogen-bond acceptors (Lipinski definition) is 3. The van der Waals surface area contributed by atoms with E-state index in [4.69, 9.17) is 4.74 Å². The van der Waals surface area contributed by atoms with Gasteiger partial charge >= 0.3 is 6.09 Å². The maximum Gasteiger partial charge on any atom is 0.407 e. The zero-order valence-corrected chi connectivity index (χ0v) is 11.3. The fraction of sp³-hybridized carbons (Fsp3) is 0.300. The highest BCUT2D eigenvalue weighted by Crippen LogP contribution is 2.36. The molecule has 0 saturated carbocycles. The molecule has 1 atom stereocenters. The maximum atomic E-state index is 11.1. The van der Waals surface area contributed by atoms with Crippen LogP contribution in [0.1, 0.15) is 18.0 Å². The molecule has 1 saturated heterocycles. The van der Waals surface area contributed by atoms with E-state index in [-0.39, 0.29) is 11.8 Å². The van der Waals surface area contributed by atoms with E-state index in [2.05, 4.69) is 37.2 Å². The molecule has 2 N–H and O–H groups in total. The van der Waals surface area contributed by atoms with Crippen molar-refractivity contribution < 1.29 is 14.6 Å². The molecule has 1 heterocycles. The Bertz CT molecular complexity index is 413. The molecule has 1 fully saturated rings. The number of phenolic OH excluding ortho intramolecular Hbond substituents is 1. The number of benzene rings is 1. The van der Waals surface area contributed by atoms with Crippen molar-refractivity contribution in [2.45, 2.75) is 12.5 Å². The Morgan fingerprint density at radius 2 is 2.00 bits per heavy atom. The van der Waals surface area contributed by atoms with Crippen LogP contribution in [0.15, 0.2) is 21.1 Å². The second kappa shape index (κ2) is 4.63. The van der Waals surface area contributed by atoms with Gasteiger partial charge in [-0.05, 0) is 49.6 Å². The van der Waals surface area contributed by atoms with Crippen LogP contribution in [0.4, 0.5) is 4.79 Å². The molecule has 4 nitrogen and oxygen atoms in total. The Hall–Kier alpha value is -0.750. The van der Waals surface area contributed by atoms with Gasteiger partial charge in [0.05, 0.1) is 21.6 Å². The highest BCUT2D eigenvalue weighted by Gasteiger charge is 2.22. The highest BCUT2D eigenvalue weighted by atomic mass is 79.9. The molecule has 0 bridgehead atoms. The van der Waals surface area contributed by atoms with Crippen molar-refractivity contribution in [2.75, 3.05) is 6.61 Å². The number of phenols is 1. The van der Waals surface area contributed by atoms with Gasteiger partial charge in [-0.25, -0.2) is 4.79 Å². The highest BCUT2D eigenvalue weighted by molar-refractivity contribution is 9.11. The topological polar surface area (TPSA) is 58.6 Å². The molecule has 1 aliphatic rings. The van der Waals surface area contributed by atoms with E-state index in [1.807, 2.05) is 0 Å². The first-order valence-electron chi connectivity index (χ1n) is 4.69. The Kier molecular flexibility index (Phi) is 3.39. The van der Waals surface area contributed by atoms with Crippen LogP contribution in [0.25, 0.3) is 0 Å². The van der Waals surface area contributed by atoms with E-state index < -0.39 is 6.09 Å². The van der Waals surface area contributed by atoms with Gasteiger partial charge in [0.1, 0.15) is 5.75 Å². The summed E-state index contributed by atoms with van der Waals surface area (Å²) in [5, 5.41) is 12.3. The molecule has 1 aromatic rings. The number of amides is 1. The maximum absolute atomic E-state index is 11.1. The first kappa shape index (κ1) is 11.7. The molecule has 2 rings (SSSR count). The Morgan fingerprint density at radius 1 is 1.38 bits per heavy atom. The molecule has 6 heteroatoms. The molecule has 0 unspecified atom stereocenters. The summed E-state index contributed by atoms with van der Waals surface area (Å²) in [4.78, 5) is 11.1. The average Bonchev–Trinajstić information content (AvgIpc) is 2.25. The first-order valence-corrected chi connectivity index (χ1v) is 6.27. The lowest BCUT2D eigenvalue weighted by atomic mass is 10.0. The molecule has 0 aliphatic carbocycles. The van der Waals surface area contributed by atoms with Crippen molar-refractivity contribution in [2.24, 2.45) is 0 Å². The fourth-order valence-corrected chi connectivity index (χ4v) is 2.78. The number of alkyl carbamates (subject to hydrolysis) is 1. The number of nitrogens with one attached hydrogen (secondary N) is 1. The van der Waals surface area contributed by atoms with E-state index in [0.717, 1.165) is 12.0 Å². The monoisotopic (exact) mass is 349 g/mol. The molecule has 1 aliphatic heterocycles. The SMILES string of the molecule is O=C1N[C@H](c2cc(Br)c(O)c(Br)c2)CCO1. The second-order valence-corrected chi connectivity index (χ2v) is 5.16. The Labute approximate surface area is 109 Å². The summed E-state index contributed by atoms with van der Waals surface area (Å²) in [6, 6.07) is 3.50. The van der Waals surface area contributed by atoms with Crippen molar-refractivity contribution in [1.82, 2.24) is 5.32 Å². The van der Waals surface area contributed by atoms with Gasteiger partial charge in [-0.3, -0.25) is 0 Å². The van der Waals surface area contributed by atoms with Crippen LogP contribution in [-0.2, 0) is 4.74 Å². The molecule has 0 spiro atoms. The van der Waals surface area contributed by atoms with Crippen LogP contribution in [0.2, 0.25) is 0 Å². The number of carbonyl (C=O) groups excluding carboxylic acids is 1. The van der Waals surface area contributed by atoms with Crippen LogP contribution in [0, 0.1) is 0 Å². The first-order chi connectivity index (χ1) is 7.58. The molecule has 1 aromatic carbocycles. The summed E-state index contributed by atoms with van der Waals surface area (Å²) in [6.07, 6.45) is 0.312. The second-order valence-electron chi connectivity index (χ2n) is 3.45. The summed E-state index contributed by atoms with van der Waals surface area (Å²) in [5.74, 6) is 0.155. The predicted molar refractivity (Wildman–Crippen MR) is 65.3 cm³/mol. The fourth-order valence-electron chi connectivity index (χ4n) is 1.56. The molecule has 86 valence electrons. The van der Waals surface area contributed by atoms with Crippen LogP contribution in [0.5, 0.6) is 5.75 Å². The molecular formula is C10H9Br2NO3. The number of cyclic esters (lactones) is 1. The standard InChI is InChI=1S/C10H9Br2NO3/c11-6-3-5(4-7(12)9(6)14)8-1-2-16-10(15)13-8/h3-4,8,14H,1-2H2,(H,13,15)/t8-/m0/s1. The lowest BCUT2D eigenvalue weighted by Crippen LogP contribution is -2.35. The molecule has 1 amide bonds. The van der Waals surface area contributed by atoms with E-state index in [1.165, 1.54) is 0 Å². The molecule has 0 aromatic heterocycles. The minimum absolute atomic E-state index is 0.0746. The molecular weight excluding hydrogens is 342 g/mol. The van der Waals surface area contributed by atoms with Crippen molar-refractivity contribution in [1.29, 1.82) is 0 Å². The van der Waals surface area contributed by atoms with Gasteiger partial charge in [-0.1, -0.05) is 0 Å².